The molecule has 0 bridgehead atoms. The lowest BCUT2D eigenvalue weighted by atomic mass is 10.2. The van der Waals surface area contributed by atoms with Gasteiger partial charge in [0.2, 0.25) is 0 Å². The van der Waals surface area contributed by atoms with Gasteiger partial charge in [0.1, 0.15) is 18.2 Å². The first-order valence-corrected chi connectivity index (χ1v) is 8.84. The summed E-state index contributed by atoms with van der Waals surface area (Å²) >= 11 is 0. The molecule has 2 fully saturated rings. The Hall–Kier alpha value is -2.84. The van der Waals surface area contributed by atoms with Crippen molar-refractivity contribution in [3.8, 4) is 0 Å². The minimum atomic E-state index is -0.250. The largest absolute Gasteiger partial charge is 0.351 e. The van der Waals surface area contributed by atoms with Gasteiger partial charge in [-0.05, 0) is 12.8 Å². The Labute approximate surface area is 149 Å². The van der Waals surface area contributed by atoms with Crippen LogP contribution >= 0.6 is 0 Å². The zero-order chi connectivity index (χ0) is 17.7. The number of imidazole rings is 1. The molecule has 0 N–H and O–H groups in total. The van der Waals surface area contributed by atoms with E-state index >= 15 is 0 Å². The second-order valence-electron chi connectivity index (χ2n) is 6.87. The Balaban J connectivity index is 1.38. The van der Waals surface area contributed by atoms with Crippen molar-refractivity contribution in [1.82, 2.24) is 29.5 Å². The van der Waals surface area contributed by atoms with Crippen LogP contribution in [0.25, 0.3) is 11.2 Å². The number of rotatable bonds is 3. The predicted octanol–water partition coefficient (Wildman–Crippen LogP) is 1.50. The molecule has 1 saturated carbocycles. The van der Waals surface area contributed by atoms with E-state index in [9.17, 15) is 4.39 Å². The molecule has 5 rings (SSSR count). The van der Waals surface area contributed by atoms with E-state index in [1.807, 2.05) is 16.5 Å². The van der Waals surface area contributed by atoms with E-state index in [1.165, 1.54) is 6.33 Å². The third-order valence-electron chi connectivity index (χ3n) is 5.13. The fraction of sp³-hybridized carbons (Fsp3) is 0.471. The highest BCUT2D eigenvalue weighted by Gasteiger charge is 2.31. The van der Waals surface area contributed by atoms with E-state index in [2.05, 4.69) is 29.8 Å². The average Bonchev–Trinajstić information content (AvgIpc) is 3.45. The van der Waals surface area contributed by atoms with Gasteiger partial charge >= 0.3 is 0 Å². The van der Waals surface area contributed by atoms with Crippen molar-refractivity contribution in [1.29, 1.82) is 0 Å². The quantitative estimate of drug-likeness (QED) is 0.705. The molecule has 1 aliphatic heterocycles. The van der Waals surface area contributed by atoms with Crippen LogP contribution in [0.5, 0.6) is 0 Å². The lowest BCUT2D eigenvalue weighted by molar-refractivity contribution is 0.567. The van der Waals surface area contributed by atoms with Crippen molar-refractivity contribution < 1.29 is 4.39 Å². The van der Waals surface area contributed by atoms with Crippen LogP contribution in [0.3, 0.4) is 0 Å². The van der Waals surface area contributed by atoms with Gasteiger partial charge in [-0.15, -0.1) is 0 Å². The molecule has 3 aromatic rings. The number of nitrogens with zero attached hydrogens (tertiary/aromatic N) is 8. The molecule has 0 unspecified atom stereocenters. The van der Waals surface area contributed by atoms with Crippen LogP contribution in [-0.2, 0) is 7.05 Å². The summed E-state index contributed by atoms with van der Waals surface area (Å²) in [6, 6.07) is 0. The van der Waals surface area contributed by atoms with Crippen LogP contribution in [0.2, 0.25) is 0 Å². The molecule has 4 heterocycles. The number of halogens is 1. The summed E-state index contributed by atoms with van der Waals surface area (Å²) in [5, 5.41) is 0. The normalized spacial score (nSPS) is 17.9. The SMILES string of the molecule is Cn1cnc2ncnc(N3CCN(c4ncnc(C5CC5)c4F)CC3)c21. The van der Waals surface area contributed by atoms with Gasteiger partial charge in [-0.3, -0.25) is 0 Å². The van der Waals surface area contributed by atoms with Crippen molar-refractivity contribution in [2.24, 2.45) is 7.05 Å². The number of hydrogen-bond acceptors (Lipinski definition) is 7. The van der Waals surface area contributed by atoms with Crippen LogP contribution in [0, 0.1) is 5.82 Å². The summed E-state index contributed by atoms with van der Waals surface area (Å²) in [7, 11) is 1.94. The maximum Gasteiger partial charge on any atom is 0.187 e. The monoisotopic (exact) mass is 354 g/mol. The molecule has 2 aliphatic rings. The molecule has 9 heteroatoms. The molecule has 1 saturated heterocycles. The number of hydrogen-bond donors (Lipinski definition) is 0. The van der Waals surface area contributed by atoms with E-state index < -0.39 is 0 Å². The fourth-order valence-corrected chi connectivity index (χ4v) is 3.57. The summed E-state index contributed by atoms with van der Waals surface area (Å²) in [6.07, 6.45) is 6.82. The third kappa shape index (κ3) is 2.46. The molecular weight excluding hydrogens is 335 g/mol. The molecule has 26 heavy (non-hydrogen) atoms. The summed E-state index contributed by atoms with van der Waals surface area (Å²) in [5.74, 6) is 1.32. The van der Waals surface area contributed by atoms with Crippen LogP contribution in [0.15, 0.2) is 19.0 Å². The topological polar surface area (TPSA) is 75.9 Å². The standard InChI is InChI=1S/C17H19FN8/c1-24-10-23-15-14(24)17(22-9-20-15)26-6-4-25(5-7-26)16-12(18)13(11-2-3-11)19-8-21-16/h8-11H,2-7H2,1H3. The molecule has 0 spiro atoms. The van der Waals surface area contributed by atoms with Gasteiger partial charge in [0, 0.05) is 39.1 Å². The number of piperazine rings is 1. The smallest absolute Gasteiger partial charge is 0.187 e. The Morgan fingerprint density at radius 2 is 1.54 bits per heavy atom. The van der Waals surface area contributed by atoms with E-state index in [0.717, 1.165) is 37.3 Å². The van der Waals surface area contributed by atoms with Gasteiger partial charge in [-0.1, -0.05) is 0 Å². The van der Waals surface area contributed by atoms with Crippen LogP contribution in [0.1, 0.15) is 24.5 Å². The maximum atomic E-state index is 14.8. The van der Waals surface area contributed by atoms with Gasteiger partial charge in [-0.2, -0.15) is 0 Å². The molecule has 0 aromatic carbocycles. The summed E-state index contributed by atoms with van der Waals surface area (Å²) in [6.45, 7) is 2.84. The van der Waals surface area contributed by atoms with E-state index in [-0.39, 0.29) is 11.7 Å². The zero-order valence-electron chi connectivity index (χ0n) is 14.5. The van der Waals surface area contributed by atoms with Crippen molar-refractivity contribution in [2.45, 2.75) is 18.8 Å². The molecule has 0 radical (unpaired) electrons. The minimum absolute atomic E-state index is 0.250. The lowest BCUT2D eigenvalue weighted by Crippen LogP contribution is -2.47. The van der Waals surface area contributed by atoms with Crippen molar-refractivity contribution in [2.75, 3.05) is 36.0 Å². The Bertz CT molecular complexity index is 959. The highest BCUT2D eigenvalue weighted by Crippen LogP contribution is 2.41. The molecule has 0 amide bonds. The van der Waals surface area contributed by atoms with Gasteiger partial charge in [0.05, 0.1) is 12.0 Å². The van der Waals surface area contributed by atoms with E-state index in [1.54, 1.807) is 12.7 Å². The van der Waals surface area contributed by atoms with Crippen LogP contribution in [0.4, 0.5) is 16.0 Å². The van der Waals surface area contributed by atoms with Crippen LogP contribution in [-0.4, -0.2) is 55.7 Å². The third-order valence-corrected chi connectivity index (χ3v) is 5.13. The van der Waals surface area contributed by atoms with E-state index in [4.69, 9.17) is 0 Å². The fourth-order valence-electron chi connectivity index (χ4n) is 3.57. The zero-order valence-corrected chi connectivity index (χ0v) is 14.5. The first kappa shape index (κ1) is 15.4. The molecule has 1 aliphatic carbocycles. The number of fused-ring (bicyclic) bond motifs is 1. The number of aryl methyl sites for hydroxylation is 1. The molecule has 8 nitrogen and oxygen atoms in total. The first-order chi connectivity index (χ1) is 12.7. The Morgan fingerprint density at radius 1 is 0.885 bits per heavy atom. The van der Waals surface area contributed by atoms with Crippen molar-refractivity contribution in [3.63, 3.8) is 0 Å². The van der Waals surface area contributed by atoms with Crippen LogP contribution < -0.4 is 9.80 Å². The van der Waals surface area contributed by atoms with Crippen molar-refractivity contribution >= 4 is 22.8 Å². The lowest BCUT2D eigenvalue weighted by Gasteiger charge is -2.36. The summed E-state index contributed by atoms with van der Waals surface area (Å²) in [4.78, 5) is 25.5. The van der Waals surface area contributed by atoms with Gasteiger partial charge in [0.25, 0.3) is 0 Å². The Morgan fingerprint density at radius 3 is 2.27 bits per heavy atom. The highest BCUT2D eigenvalue weighted by molar-refractivity contribution is 5.83. The van der Waals surface area contributed by atoms with E-state index in [0.29, 0.717) is 30.2 Å². The Kier molecular flexibility index (Phi) is 3.47. The second-order valence-corrected chi connectivity index (χ2v) is 6.87. The number of anilines is 2. The predicted molar refractivity (Wildman–Crippen MR) is 94.7 cm³/mol. The highest BCUT2D eigenvalue weighted by atomic mass is 19.1. The van der Waals surface area contributed by atoms with Gasteiger partial charge in [-0.25, -0.2) is 29.3 Å². The van der Waals surface area contributed by atoms with Crippen molar-refractivity contribution in [3.05, 3.63) is 30.5 Å². The summed E-state index contributed by atoms with van der Waals surface area (Å²) in [5.41, 5.74) is 2.19. The molecule has 3 aromatic heterocycles. The molecule has 0 atom stereocenters. The number of aromatic nitrogens is 6. The first-order valence-electron chi connectivity index (χ1n) is 8.84. The maximum absolute atomic E-state index is 14.8. The summed E-state index contributed by atoms with van der Waals surface area (Å²) < 4.78 is 16.7. The second kappa shape index (κ2) is 5.86. The molecular formula is C17H19FN8. The average molecular weight is 354 g/mol. The minimum Gasteiger partial charge on any atom is -0.351 e. The van der Waals surface area contributed by atoms with Gasteiger partial charge < -0.3 is 14.4 Å². The van der Waals surface area contributed by atoms with Gasteiger partial charge in [0.15, 0.2) is 23.1 Å². The molecule has 134 valence electrons.